The summed E-state index contributed by atoms with van der Waals surface area (Å²) >= 11 is 0. The molecule has 1 aromatic carbocycles. The molecule has 0 amide bonds. The summed E-state index contributed by atoms with van der Waals surface area (Å²) in [5, 5.41) is 6.69. The molecule has 2 rings (SSSR count). The van der Waals surface area contributed by atoms with Crippen molar-refractivity contribution in [2.24, 2.45) is 0 Å². The lowest BCUT2D eigenvalue weighted by Gasteiger charge is -2.14. The Labute approximate surface area is 138 Å². The number of nitrogens with one attached hydrogen (secondary N) is 2. The van der Waals surface area contributed by atoms with Gasteiger partial charge < -0.3 is 15.4 Å². The molecular formula is C18H26N4O. The maximum absolute atomic E-state index is 5.25. The van der Waals surface area contributed by atoms with Gasteiger partial charge in [-0.3, -0.25) is 0 Å². The van der Waals surface area contributed by atoms with Gasteiger partial charge in [0.25, 0.3) is 0 Å². The highest BCUT2D eigenvalue weighted by molar-refractivity contribution is 5.43. The topological polar surface area (TPSA) is 59.1 Å². The smallest absolute Gasteiger partial charge is 0.224 e. The molecule has 5 nitrogen and oxygen atoms in total. The molecule has 23 heavy (non-hydrogen) atoms. The number of rotatable bonds is 8. The van der Waals surface area contributed by atoms with Crippen LogP contribution < -0.4 is 15.4 Å². The van der Waals surface area contributed by atoms with Crippen molar-refractivity contribution in [2.45, 2.75) is 39.7 Å². The molecule has 1 atom stereocenters. The normalized spacial score (nSPS) is 11.8. The summed E-state index contributed by atoms with van der Waals surface area (Å²) in [7, 11) is 1.68. The largest absolute Gasteiger partial charge is 0.497 e. The molecule has 5 heteroatoms. The van der Waals surface area contributed by atoms with Gasteiger partial charge in [-0.1, -0.05) is 19.1 Å². The SMILES string of the molecule is CCC(C)Nc1cc(C)nc(NCCc2cccc(OC)c2)n1. The second-order valence-corrected chi connectivity index (χ2v) is 5.70. The molecule has 0 bridgehead atoms. The van der Waals surface area contributed by atoms with Gasteiger partial charge in [0.2, 0.25) is 5.95 Å². The van der Waals surface area contributed by atoms with E-state index < -0.39 is 0 Å². The van der Waals surface area contributed by atoms with Crippen LogP contribution in [0.15, 0.2) is 30.3 Å². The van der Waals surface area contributed by atoms with E-state index >= 15 is 0 Å². The van der Waals surface area contributed by atoms with Crippen molar-refractivity contribution in [1.29, 1.82) is 0 Å². The molecule has 1 heterocycles. The van der Waals surface area contributed by atoms with Crippen LogP contribution >= 0.6 is 0 Å². The predicted octanol–water partition coefficient (Wildman–Crippen LogP) is 3.66. The van der Waals surface area contributed by atoms with Crippen molar-refractivity contribution in [3.05, 3.63) is 41.6 Å². The summed E-state index contributed by atoms with van der Waals surface area (Å²) in [6.07, 6.45) is 1.95. The number of nitrogens with zero attached hydrogens (tertiary/aromatic N) is 2. The Morgan fingerprint density at radius 3 is 2.78 bits per heavy atom. The van der Waals surface area contributed by atoms with E-state index in [1.807, 2.05) is 25.1 Å². The van der Waals surface area contributed by atoms with E-state index in [1.165, 1.54) is 5.56 Å². The van der Waals surface area contributed by atoms with Crippen LogP contribution in [-0.2, 0) is 6.42 Å². The van der Waals surface area contributed by atoms with Crippen LogP contribution in [0.2, 0.25) is 0 Å². The Morgan fingerprint density at radius 1 is 1.22 bits per heavy atom. The molecule has 0 fully saturated rings. The van der Waals surface area contributed by atoms with E-state index in [-0.39, 0.29) is 0 Å². The van der Waals surface area contributed by atoms with Gasteiger partial charge in [0.05, 0.1) is 7.11 Å². The molecule has 1 aromatic heterocycles. The zero-order valence-electron chi connectivity index (χ0n) is 14.4. The average molecular weight is 314 g/mol. The Hall–Kier alpha value is -2.30. The van der Waals surface area contributed by atoms with Crippen molar-refractivity contribution in [3.8, 4) is 5.75 Å². The molecule has 0 radical (unpaired) electrons. The molecule has 0 saturated heterocycles. The number of anilines is 2. The first kappa shape index (κ1) is 17.1. The second kappa shape index (κ2) is 8.36. The summed E-state index contributed by atoms with van der Waals surface area (Å²) in [4.78, 5) is 8.97. The molecule has 2 aromatic rings. The highest BCUT2D eigenvalue weighted by atomic mass is 16.5. The third kappa shape index (κ3) is 5.43. The number of ether oxygens (including phenoxy) is 1. The Kier molecular flexibility index (Phi) is 6.20. The monoisotopic (exact) mass is 314 g/mol. The van der Waals surface area contributed by atoms with E-state index in [1.54, 1.807) is 7.11 Å². The van der Waals surface area contributed by atoms with Crippen LogP contribution in [0.3, 0.4) is 0 Å². The van der Waals surface area contributed by atoms with Gasteiger partial charge in [0, 0.05) is 24.3 Å². The van der Waals surface area contributed by atoms with Gasteiger partial charge in [-0.25, -0.2) is 4.98 Å². The van der Waals surface area contributed by atoms with E-state index in [2.05, 4.69) is 46.6 Å². The standard InChI is InChI=1S/C18H26N4O/c1-5-13(2)20-17-11-14(3)21-18(22-17)19-10-9-15-7-6-8-16(12-15)23-4/h6-8,11-13H,5,9-10H2,1-4H3,(H2,19,20,21,22). The lowest BCUT2D eigenvalue weighted by molar-refractivity contribution is 0.414. The minimum Gasteiger partial charge on any atom is -0.497 e. The van der Waals surface area contributed by atoms with Gasteiger partial charge in [0.1, 0.15) is 11.6 Å². The van der Waals surface area contributed by atoms with Crippen molar-refractivity contribution >= 4 is 11.8 Å². The molecule has 1 unspecified atom stereocenters. The molecule has 0 aliphatic carbocycles. The first-order valence-electron chi connectivity index (χ1n) is 8.09. The second-order valence-electron chi connectivity index (χ2n) is 5.70. The molecule has 2 N–H and O–H groups in total. The fourth-order valence-corrected chi connectivity index (χ4v) is 2.22. The molecule has 124 valence electrons. The summed E-state index contributed by atoms with van der Waals surface area (Å²) in [5.74, 6) is 2.42. The van der Waals surface area contributed by atoms with Crippen molar-refractivity contribution in [3.63, 3.8) is 0 Å². The lowest BCUT2D eigenvalue weighted by Crippen LogP contribution is -2.16. The van der Waals surface area contributed by atoms with Crippen LogP contribution in [0.4, 0.5) is 11.8 Å². The van der Waals surface area contributed by atoms with Gasteiger partial charge in [-0.05, 0) is 44.4 Å². The third-order valence-corrected chi connectivity index (χ3v) is 3.69. The molecule has 0 spiro atoms. The Balaban J connectivity index is 1.94. The Bertz CT molecular complexity index is 630. The van der Waals surface area contributed by atoms with Crippen molar-refractivity contribution in [2.75, 3.05) is 24.3 Å². The number of methoxy groups -OCH3 is 1. The first-order chi connectivity index (χ1) is 11.1. The fraction of sp³-hybridized carbons (Fsp3) is 0.444. The zero-order chi connectivity index (χ0) is 16.7. The van der Waals surface area contributed by atoms with Crippen LogP contribution in [0.1, 0.15) is 31.5 Å². The first-order valence-corrected chi connectivity index (χ1v) is 8.09. The summed E-state index contributed by atoms with van der Waals surface area (Å²) in [5.41, 5.74) is 2.18. The Morgan fingerprint density at radius 2 is 2.04 bits per heavy atom. The van der Waals surface area contributed by atoms with Crippen LogP contribution in [-0.4, -0.2) is 29.7 Å². The average Bonchev–Trinajstić information content (AvgIpc) is 2.54. The number of hydrogen-bond acceptors (Lipinski definition) is 5. The maximum Gasteiger partial charge on any atom is 0.224 e. The van der Waals surface area contributed by atoms with Crippen molar-refractivity contribution in [1.82, 2.24) is 9.97 Å². The summed E-state index contributed by atoms with van der Waals surface area (Å²) < 4.78 is 5.25. The molecule has 0 aliphatic heterocycles. The van der Waals surface area contributed by atoms with Crippen LogP contribution in [0.5, 0.6) is 5.75 Å². The molecular weight excluding hydrogens is 288 g/mol. The highest BCUT2D eigenvalue weighted by Crippen LogP contribution is 2.14. The third-order valence-electron chi connectivity index (χ3n) is 3.69. The number of benzene rings is 1. The van der Waals surface area contributed by atoms with Gasteiger partial charge in [-0.15, -0.1) is 0 Å². The van der Waals surface area contributed by atoms with Crippen molar-refractivity contribution < 1.29 is 4.74 Å². The minimum absolute atomic E-state index is 0.397. The van der Waals surface area contributed by atoms with Gasteiger partial charge in [-0.2, -0.15) is 4.98 Å². The quantitative estimate of drug-likeness (QED) is 0.779. The number of hydrogen-bond donors (Lipinski definition) is 2. The summed E-state index contributed by atoms with van der Waals surface area (Å²) in [6, 6.07) is 10.5. The van der Waals surface area contributed by atoms with E-state index in [0.717, 1.165) is 36.6 Å². The lowest BCUT2D eigenvalue weighted by atomic mass is 10.1. The van der Waals surface area contributed by atoms with Crippen LogP contribution in [0.25, 0.3) is 0 Å². The number of aromatic nitrogens is 2. The predicted molar refractivity (Wildman–Crippen MR) is 95.3 cm³/mol. The molecule has 0 aliphatic rings. The van der Waals surface area contributed by atoms with Gasteiger partial charge in [0.15, 0.2) is 0 Å². The molecule has 0 saturated carbocycles. The van der Waals surface area contributed by atoms with E-state index in [0.29, 0.717) is 12.0 Å². The minimum atomic E-state index is 0.397. The fourth-order valence-electron chi connectivity index (χ4n) is 2.22. The van der Waals surface area contributed by atoms with E-state index in [4.69, 9.17) is 4.74 Å². The maximum atomic E-state index is 5.25. The zero-order valence-corrected chi connectivity index (χ0v) is 14.4. The summed E-state index contributed by atoms with van der Waals surface area (Å²) in [6.45, 7) is 7.06. The van der Waals surface area contributed by atoms with Crippen LogP contribution in [0, 0.1) is 6.92 Å². The van der Waals surface area contributed by atoms with E-state index in [9.17, 15) is 0 Å². The number of aryl methyl sites for hydroxylation is 1. The van der Waals surface area contributed by atoms with Gasteiger partial charge >= 0.3 is 0 Å². The highest BCUT2D eigenvalue weighted by Gasteiger charge is 2.05.